The monoisotopic (exact) mass is 267 g/mol. The Bertz CT molecular complexity index is 543. The molecule has 19 heavy (non-hydrogen) atoms. The van der Waals surface area contributed by atoms with Crippen molar-refractivity contribution in [2.24, 2.45) is 0 Å². The van der Waals surface area contributed by atoms with Crippen LogP contribution in [0.3, 0.4) is 0 Å². The first kappa shape index (κ1) is 13.0. The quantitative estimate of drug-likeness (QED) is 0.649. The molecule has 0 amide bonds. The fraction of sp³-hybridized carbons (Fsp3) is 0.273. The van der Waals surface area contributed by atoms with Crippen LogP contribution in [-0.2, 0) is 4.84 Å². The van der Waals surface area contributed by atoms with Crippen molar-refractivity contribution in [1.29, 1.82) is 0 Å². The molecule has 0 aromatic heterocycles. The van der Waals surface area contributed by atoms with Crippen LogP contribution in [-0.4, -0.2) is 31.2 Å². The van der Waals surface area contributed by atoms with Gasteiger partial charge in [0.2, 0.25) is 5.75 Å². The maximum absolute atomic E-state index is 11.1. The minimum absolute atomic E-state index is 0.0798. The van der Waals surface area contributed by atoms with Gasteiger partial charge in [0, 0.05) is 18.7 Å². The molecule has 0 saturated heterocycles. The Morgan fingerprint density at radius 1 is 1.37 bits per heavy atom. The summed E-state index contributed by atoms with van der Waals surface area (Å²) in [5.74, 6) is 0.800. The van der Waals surface area contributed by atoms with Crippen molar-refractivity contribution in [3.8, 4) is 11.5 Å². The highest BCUT2D eigenvalue weighted by molar-refractivity contribution is 5.69. The molecular formula is C11H13N3O5. The fourth-order valence-corrected chi connectivity index (χ4v) is 1.71. The number of nitrogens with zero attached hydrogens (tertiary/aromatic N) is 2. The maximum Gasteiger partial charge on any atom is 0.315 e. The van der Waals surface area contributed by atoms with Crippen LogP contribution in [0.15, 0.2) is 18.3 Å². The highest BCUT2D eigenvalue weighted by Gasteiger charge is 2.24. The Balaban J connectivity index is 2.55. The predicted octanol–water partition coefficient (Wildman–Crippen LogP) is 1.29. The van der Waals surface area contributed by atoms with E-state index in [2.05, 4.69) is 5.59 Å². The fourth-order valence-electron chi connectivity index (χ4n) is 1.71. The van der Waals surface area contributed by atoms with Gasteiger partial charge in [-0.15, -0.1) is 0 Å². The number of nitrogens with one attached hydrogen (secondary N) is 1. The smallest absolute Gasteiger partial charge is 0.315 e. The van der Waals surface area contributed by atoms with Crippen LogP contribution in [0.4, 0.5) is 5.69 Å². The summed E-state index contributed by atoms with van der Waals surface area (Å²) in [5, 5.41) is 12.6. The molecule has 0 radical (unpaired) electrons. The van der Waals surface area contributed by atoms with E-state index >= 15 is 0 Å². The van der Waals surface area contributed by atoms with Gasteiger partial charge in [-0.05, 0) is 6.07 Å². The van der Waals surface area contributed by atoms with E-state index in [1.165, 1.54) is 20.3 Å². The van der Waals surface area contributed by atoms with Gasteiger partial charge in [-0.3, -0.25) is 15.1 Å². The van der Waals surface area contributed by atoms with Gasteiger partial charge >= 0.3 is 5.69 Å². The number of ether oxygens (including phenoxy) is 2. The second kappa shape index (κ2) is 5.02. The molecule has 0 unspecified atom stereocenters. The zero-order valence-corrected chi connectivity index (χ0v) is 10.7. The van der Waals surface area contributed by atoms with E-state index in [9.17, 15) is 10.1 Å². The van der Waals surface area contributed by atoms with E-state index in [1.807, 2.05) is 0 Å². The minimum Gasteiger partial charge on any atom is -0.493 e. The van der Waals surface area contributed by atoms with E-state index in [-0.39, 0.29) is 17.2 Å². The number of hydrogen-bond donors (Lipinski definition) is 1. The van der Waals surface area contributed by atoms with Crippen LogP contribution in [0.25, 0.3) is 5.76 Å². The van der Waals surface area contributed by atoms with Crippen molar-refractivity contribution in [2.45, 2.75) is 0 Å². The third-order valence-corrected chi connectivity index (χ3v) is 2.55. The molecule has 0 spiro atoms. The normalized spacial score (nSPS) is 13.8. The van der Waals surface area contributed by atoms with Crippen LogP contribution in [0, 0.1) is 10.1 Å². The van der Waals surface area contributed by atoms with E-state index in [4.69, 9.17) is 14.3 Å². The maximum atomic E-state index is 11.1. The van der Waals surface area contributed by atoms with Crippen molar-refractivity contribution in [3.05, 3.63) is 34.0 Å². The van der Waals surface area contributed by atoms with Crippen LogP contribution in [0.1, 0.15) is 5.56 Å². The molecule has 8 nitrogen and oxygen atoms in total. The first-order valence-corrected chi connectivity index (χ1v) is 5.34. The molecule has 2 rings (SSSR count). The Morgan fingerprint density at radius 2 is 2.11 bits per heavy atom. The summed E-state index contributed by atoms with van der Waals surface area (Å²) >= 11 is 0. The molecule has 8 heteroatoms. The van der Waals surface area contributed by atoms with Crippen LogP contribution >= 0.6 is 0 Å². The molecule has 1 heterocycles. The molecule has 0 atom stereocenters. The standard InChI is InChI=1S/C11H13N3O5/c1-13-6-10(19-12-13)7-4-8(14(15)16)11(18-3)9(5-7)17-2/h4-6,12H,1-3H3. The summed E-state index contributed by atoms with van der Waals surface area (Å²) in [5.41, 5.74) is 2.91. The van der Waals surface area contributed by atoms with Crippen molar-refractivity contribution in [1.82, 2.24) is 10.6 Å². The van der Waals surface area contributed by atoms with Crippen molar-refractivity contribution in [3.63, 3.8) is 0 Å². The average molecular weight is 267 g/mol. The van der Waals surface area contributed by atoms with Gasteiger partial charge in [0.25, 0.3) is 0 Å². The Hall–Kier alpha value is -2.48. The topological polar surface area (TPSA) is 86.1 Å². The van der Waals surface area contributed by atoms with Crippen LogP contribution in [0.2, 0.25) is 0 Å². The highest BCUT2D eigenvalue weighted by Crippen LogP contribution is 2.40. The molecule has 0 saturated carbocycles. The first-order chi connectivity index (χ1) is 9.06. The number of methoxy groups -OCH3 is 2. The summed E-state index contributed by atoms with van der Waals surface area (Å²) in [6.07, 6.45) is 1.66. The molecule has 1 N–H and O–H groups in total. The second-order valence-electron chi connectivity index (χ2n) is 3.79. The Kier molecular flexibility index (Phi) is 3.43. The summed E-state index contributed by atoms with van der Waals surface area (Å²) in [6.45, 7) is 0. The molecule has 0 bridgehead atoms. The van der Waals surface area contributed by atoms with E-state index < -0.39 is 4.92 Å². The number of rotatable bonds is 4. The van der Waals surface area contributed by atoms with Crippen LogP contribution < -0.4 is 15.1 Å². The lowest BCUT2D eigenvalue weighted by Gasteiger charge is -2.10. The van der Waals surface area contributed by atoms with Crippen molar-refractivity contribution in [2.75, 3.05) is 21.3 Å². The zero-order valence-electron chi connectivity index (χ0n) is 10.7. The molecule has 1 aromatic rings. The summed E-state index contributed by atoms with van der Waals surface area (Å²) in [4.78, 5) is 15.7. The summed E-state index contributed by atoms with van der Waals surface area (Å²) < 4.78 is 10.1. The minimum atomic E-state index is -0.530. The summed E-state index contributed by atoms with van der Waals surface area (Å²) in [7, 11) is 4.51. The first-order valence-electron chi connectivity index (χ1n) is 5.34. The predicted molar refractivity (Wildman–Crippen MR) is 66.2 cm³/mol. The zero-order chi connectivity index (χ0) is 14.0. The van der Waals surface area contributed by atoms with Gasteiger partial charge in [-0.25, -0.2) is 0 Å². The van der Waals surface area contributed by atoms with Gasteiger partial charge in [-0.1, -0.05) is 5.59 Å². The largest absolute Gasteiger partial charge is 0.493 e. The summed E-state index contributed by atoms with van der Waals surface area (Å²) in [6, 6.07) is 2.98. The number of hydrogen-bond acceptors (Lipinski definition) is 7. The van der Waals surface area contributed by atoms with E-state index in [1.54, 1.807) is 24.3 Å². The Morgan fingerprint density at radius 3 is 2.58 bits per heavy atom. The molecule has 1 aliphatic heterocycles. The number of nitro benzene ring substituents is 1. The van der Waals surface area contributed by atoms with Gasteiger partial charge in [0.1, 0.15) is 0 Å². The third-order valence-electron chi connectivity index (χ3n) is 2.55. The SMILES string of the molecule is COc1cc(C2=CN(C)NO2)cc([N+](=O)[O-])c1OC. The van der Waals surface area contributed by atoms with Crippen molar-refractivity contribution >= 4 is 11.4 Å². The molecule has 0 fully saturated rings. The number of benzene rings is 1. The average Bonchev–Trinajstić information content (AvgIpc) is 2.83. The van der Waals surface area contributed by atoms with Crippen molar-refractivity contribution < 1.29 is 19.2 Å². The molecular weight excluding hydrogens is 254 g/mol. The van der Waals surface area contributed by atoms with Gasteiger partial charge in [-0.2, -0.15) is 0 Å². The van der Waals surface area contributed by atoms with E-state index in [0.717, 1.165) is 0 Å². The Labute approximate surface area is 109 Å². The number of hydrazine groups is 1. The molecule has 102 valence electrons. The molecule has 0 aliphatic carbocycles. The van der Waals surface area contributed by atoms with Crippen LogP contribution in [0.5, 0.6) is 11.5 Å². The molecule has 1 aliphatic rings. The second-order valence-corrected chi connectivity index (χ2v) is 3.79. The van der Waals surface area contributed by atoms with Gasteiger partial charge < -0.3 is 14.3 Å². The molecule has 1 aromatic carbocycles. The van der Waals surface area contributed by atoms with E-state index in [0.29, 0.717) is 11.3 Å². The lowest BCUT2D eigenvalue weighted by molar-refractivity contribution is -0.385. The van der Waals surface area contributed by atoms with Gasteiger partial charge in [0.05, 0.1) is 25.3 Å². The highest BCUT2D eigenvalue weighted by atomic mass is 16.7. The van der Waals surface area contributed by atoms with Gasteiger partial charge in [0.15, 0.2) is 11.5 Å². The number of nitro groups is 1. The lowest BCUT2D eigenvalue weighted by Crippen LogP contribution is -2.22. The lowest BCUT2D eigenvalue weighted by atomic mass is 10.1. The third kappa shape index (κ3) is 2.38.